The summed E-state index contributed by atoms with van der Waals surface area (Å²) in [6.07, 6.45) is 4.46. The lowest BCUT2D eigenvalue weighted by Crippen LogP contribution is -2.45. The molecule has 0 radical (unpaired) electrons. The van der Waals surface area contributed by atoms with Gasteiger partial charge in [-0.15, -0.1) is 5.10 Å². The van der Waals surface area contributed by atoms with Crippen LogP contribution in [0.15, 0.2) is 60.8 Å². The number of pyridine rings is 1. The third-order valence-corrected chi connectivity index (χ3v) is 7.37. The van der Waals surface area contributed by atoms with E-state index in [9.17, 15) is 14.3 Å². The van der Waals surface area contributed by atoms with Crippen molar-refractivity contribution in [3.05, 3.63) is 72.2 Å². The SMILES string of the molecule is CC[C@H](CNc1cccc(-c2cnc3ccc(N4CCCC4c4cccc(F)c4)nn23)n1)N(CC)C(=O)CO. The van der Waals surface area contributed by atoms with Crippen LogP contribution in [0.4, 0.5) is 16.0 Å². The number of likely N-dealkylation sites (N-methyl/N-ethyl adjacent to an activating group) is 1. The number of nitrogens with zero attached hydrogens (tertiary/aromatic N) is 6. The summed E-state index contributed by atoms with van der Waals surface area (Å²) >= 11 is 0. The first-order valence-electron chi connectivity index (χ1n) is 13.5. The van der Waals surface area contributed by atoms with Gasteiger partial charge < -0.3 is 20.2 Å². The molecule has 204 valence electrons. The van der Waals surface area contributed by atoms with Crippen LogP contribution in [-0.2, 0) is 4.79 Å². The lowest BCUT2D eigenvalue weighted by atomic mass is 10.0. The Morgan fingerprint density at radius 1 is 1.21 bits per heavy atom. The second-order valence-corrected chi connectivity index (χ2v) is 9.70. The summed E-state index contributed by atoms with van der Waals surface area (Å²) in [7, 11) is 0. The summed E-state index contributed by atoms with van der Waals surface area (Å²) in [6.45, 7) is 5.31. The molecule has 39 heavy (non-hydrogen) atoms. The highest BCUT2D eigenvalue weighted by molar-refractivity contribution is 5.77. The minimum atomic E-state index is -0.498. The molecule has 2 N–H and O–H groups in total. The maximum atomic E-state index is 13.9. The number of halogens is 1. The Labute approximate surface area is 227 Å². The number of hydrogen-bond acceptors (Lipinski definition) is 7. The van der Waals surface area contributed by atoms with Crippen molar-refractivity contribution < 1.29 is 14.3 Å². The summed E-state index contributed by atoms with van der Waals surface area (Å²) in [4.78, 5) is 25.4. The summed E-state index contributed by atoms with van der Waals surface area (Å²) < 4.78 is 15.7. The van der Waals surface area contributed by atoms with E-state index in [0.717, 1.165) is 42.9 Å². The fourth-order valence-corrected chi connectivity index (χ4v) is 5.39. The molecule has 4 heterocycles. The summed E-state index contributed by atoms with van der Waals surface area (Å²) in [5.74, 6) is 0.974. The first-order chi connectivity index (χ1) is 19.0. The second-order valence-electron chi connectivity index (χ2n) is 9.70. The molecule has 1 unspecified atom stereocenters. The standard InChI is InChI=1S/C29H34FN7O2/c1-3-22(35(4-2)29(39)19-38)17-31-26-12-6-10-23(33-26)25-18-32-27-13-14-28(34-37(25)27)36-15-7-11-24(36)20-8-5-9-21(30)16-20/h5-6,8-10,12-14,16,18,22,24,38H,3-4,7,11,15,17,19H2,1-2H3,(H,31,33)/t22-,24?/m1/s1. The van der Waals surface area contributed by atoms with Gasteiger partial charge in [-0.2, -0.15) is 0 Å². The van der Waals surface area contributed by atoms with E-state index >= 15 is 0 Å². The van der Waals surface area contributed by atoms with E-state index in [4.69, 9.17) is 10.1 Å². The first-order valence-corrected chi connectivity index (χ1v) is 13.5. The van der Waals surface area contributed by atoms with E-state index < -0.39 is 6.61 Å². The van der Waals surface area contributed by atoms with Crippen molar-refractivity contribution in [2.75, 3.05) is 36.5 Å². The van der Waals surface area contributed by atoms with Crippen LogP contribution >= 0.6 is 0 Å². The molecule has 1 aromatic carbocycles. The molecule has 0 bridgehead atoms. The van der Waals surface area contributed by atoms with E-state index in [0.29, 0.717) is 30.2 Å². The number of aliphatic hydroxyl groups is 1. The van der Waals surface area contributed by atoms with Gasteiger partial charge in [-0.1, -0.05) is 25.1 Å². The van der Waals surface area contributed by atoms with Crippen LogP contribution < -0.4 is 10.2 Å². The summed E-state index contributed by atoms with van der Waals surface area (Å²) in [5.41, 5.74) is 3.14. The number of aromatic nitrogens is 4. The quantitative estimate of drug-likeness (QED) is 0.315. The van der Waals surface area contributed by atoms with E-state index in [1.807, 2.05) is 50.2 Å². The van der Waals surface area contributed by atoms with Crippen molar-refractivity contribution in [1.29, 1.82) is 0 Å². The van der Waals surface area contributed by atoms with Crippen LogP contribution in [0.25, 0.3) is 17.0 Å². The van der Waals surface area contributed by atoms with Crippen LogP contribution in [0.1, 0.15) is 44.7 Å². The van der Waals surface area contributed by atoms with Gasteiger partial charge >= 0.3 is 0 Å². The predicted molar refractivity (Wildman–Crippen MR) is 149 cm³/mol. The Kier molecular flexibility index (Phi) is 8.02. The van der Waals surface area contributed by atoms with Gasteiger partial charge in [0.1, 0.15) is 29.8 Å². The van der Waals surface area contributed by atoms with Gasteiger partial charge in [-0.3, -0.25) is 4.79 Å². The Morgan fingerprint density at radius 2 is 2.05 bits per heavy atom. The zero-order valence-electron chi connectivity index (χ0n) is 22.3. The largest absolute Gasteiger partial charge is 0.387 e. The fraction of sp³-hybridized carbons (Fsp3) is 0.379. The maximum Gasteiger partial charge on any atom is 0.248 e. The van der Waals surface area contributed by atoms with Gasteiger partial charge in [0.05, 0.1) is 17.9 Å². The monoisotopic (exact) mass is 531 g/mol. The molecule has 4 aromatic rings. The fourth-order valence-electron chi connectivity index (χ4n) is 5.39. The summed E-state index contributed by atoms with van der Waals surface area (Å²) in [6, 6.07) is 16.4. The number of anilines is 2. The second kappa shape index (κ2) is 11.8. The zero-order valence-corrected chi connectivity index (χ0v) is 22.3. The van der Waals surface area contributed by atoms with Gasteiger partial charge in [-0.05, 0) is 68.1 Å². The number of amides is 1. The topological polar surface area (TPSA) is 98.9 Å². The number of nitrogens with one attached hydrogen (secondary N) is 1. The van der Waals surface area contributed by atoms with Crippen molar-refractivity contribution in [3.63, 3.8) is 0 Å². The number of aliphatic hydroxyl groups excluding tert-OH is 1. The van der Waals surface area contributed by atoms with Crippen LogP contribution in [0, 0.1) is 5.82 Å². The highest BCUT2D eigenvalue weighted by Crippen LogP contribution is 2.35. The van der Waals surface area contributed by atoms with Gasteiger partial charge in [0, 0.05) is 25.7 Å². The van der Waals surface area contributed by atoms with Crippen molar-refractivity contribution in [2.45, 2.75) is 45.2 Å². The third-order valence-electron chi connectivity index (χ3n) is 7.37. The Bertz CT molecular complexity index is 1440. The Hall–Kier alpha value is -4.05. The van der Waals surface area contributed by atoms with Crippen molar-refractivity contribution in [1.82, 2.24) is 24.5 Å². The first kappa shape index (κ1) is 26.6. The highest BCUT2D eigenvalue weighted by atomic mass is 19.1. The number of hydrogen-bond donors (Lipinski definition) is 2. The molecule has 5 rings (SSSR count). The number of carbonyl (C=O) groups excluding carboxylic acids is 1. The molecule has 1 aliphatic rings. The van der Waals surface area contributed by atoms with Gasteiger partial charge in [0.2, 0.25) is 5.91 Å². The Morgan fingerprint density at radius 3 is 2.82 bits per heavy atom. The molecule has 0 saturated carbocycles. The Balaban J connectivity index is 1.39. The van der Waals surface area contributed by atoms with Crippen LogP contribution in [-0.4, -0.2) is 67.8 Å². The minimum absolute atomic E-state index is 0.0633. The van der Waals surface area contributed by atoms with Crippen molar-refractivity contribution in [3.8, 4) is 11.4 Å². The summed E-state index contributed by atoms with van der Waals surface area (Å²) in [5, 5.41) is 17.6. The molecule has 9 nitrogen and oxygen atoms in total. The molecule has 1 fully saturated rings. The molecule has 0 spiro atoms. The van der Waals surface area contributed by atoms with E-state index in [1.54, 1.807) is 27.7 Å². The lowest BCUT2D eigenvalue weighted by molar-refractivity contribution is -0.136. The van der Waals surface area contributed by atoms with Crippen LogP contribution in [0.2, 0.25) is 0 Å². The normalized spacial score (nSPS) is 16.0. The molecule has 1 amide bonds. The highest BCUT2D eigenvalue weighted by Gasteiger charge is 2.28. The average molecular weight is 532 g/mol. The number of fused-ring (bicyclic) bond motifs is 1. The molecule has 2 atom stereocenters. The molecule has 1 aliphatic heterocycles. The van der Waals surface area contributed by atoms with E-state index in [-0.39, 0.29) is 23.8 Å². The van der Waals surface area contributed by atoms with E-state index in [1.165, 1.54) is 6.07 Å². The smallest absolute Gasteiger partial charge is 0.248 e. The minimum Gasteiger partial charge on any atom is -0.387 e. The molecule has 3 aromatic heterocycles. The van der Waals surface area contributed by atoms with Crippen LogP contribution in [0.5, 0.6) is 0 Å². The number of rotatable bonds is 10. The van der Waals surface area contributed by atoms with Gasteiger partial charge in [0.15, 0.2) is 5.65 Å². The molecule has 1 saturated heterocycles. The maximum absolute atomic E-state index is 13.9. The van der Waals surface area contributed by atoms with E-state index in [2.05, 4.69) is 15.2 Å². The van der Waals surface area contributed by atoms with Crippen molar-refractivity contribution >= 4 is 23.2 Å². The molecular weight excluding hydrogens is 497 g/mol. The average Bonchev–Trinajstić information content (AvgIpc) is 3.62. The number of imidazole rings is 1. The van der Waals surface area contributed by atoms with Crippen molar-refractivity contribution in [2.24, 2.45) is 0 Å². The number of carbonyl (C=O) groups is 1. The number of benzene rings is 1. The zero-order chi connectivity index (χ0) is 27.4. The lowest BCUT2D eigenvalue weighted by Gasteiger charge is -2.30. The van der Waals surface area contributed by atoms with Crippen LogP contribution in [0.3, 0.4) is 0 Å². The molecule has 0 aliphatic carbocycles. The molecule has 10 heteroatoms. The third kappa shape index (κ3) is 5.56. The predicted octanol–water partition coefficient (Wildman–Crippen LogP) is 4.30. The van der Waals surface area contributed by atoms with Gasteiger partial charge in [0.25, 0.3) is 0 Å². The van der Waals surface area contributed by atoms with Gasteiger partial charge in [-0.25, -0.2) is 18.9 Å². The molecular formula is C29H34FN7O2.